The second-order valence-corrected chi connectivity index (χ2v) is 3.79. The van der Waals surface area contributed by atoms with Crippen molar-refractivity contribution < 1.29 is 4.79 Å². The monoisotopic (exact) mass is 208 g/mol. The Kier molecular flexibility index (Phi) is 2.73. The number of aryl methyl sites for hydroxylation is 1. The maximum Gasteiger partial charge on any atom is 0.243 e. The lowest BCUT2D eigenvalue weighted by atomic mass is 10.1. The van der Waals surface area contributed by atoms with Gasteiger partial charge in [0.2, 0.25) is 5.91 Å². The molecule has 15 heavy (non-hydrogen) atoms. The summed E-state index contributed by atoms with van der Waals surface area (Å²) < 4.78 is 1.81. The van der Waals surface area contributed by atoms with Crippen LogP contribution in [0.5, 0.6) is 0 Å². The third-order valence-corrected chi connectivity index (χ3v) is 2.74. The van der Waals surface area contributed by atoms with E-state index in [1.807, 2.05) is 17.8 Å². The van der Waals surface area contributed by atoms with Gasteiger partial charge in [0.15, 0.2) is 0 Å². The van der Waals surface area contributed by atoms with Crippen LogP contribution in [0.25, 0.3) is 0 Å². The molecule has 2 heterocycles. The molecule has 1 aliphatic rings. The zero-order chi connectivity index (χ0) is 10.8. The second kappa shape index (κ2) is 4.02. The number of carbonyl (C=O) groups is 1. The Morgan fingerprint density at radius 2 is 2.47 bits per heavy atom. The Morgan fingerprint density at radius 3 is 3.13 bits per heavy atom. The van der Waals surface area contributed by atoms with E-state index in [0.29, 0.717) is 0 Å². The van der Waals surface area contributed by atoms with Gasteiger partial charge in [-0.25, -0.2) is 0 Å². The van der Waals surface area contributed by atoms with Crippen molar-refractivity contribution in [2.45, 2.75) is 32.4 Å². The highest BCUT2D eigenvalue weighted by Gasteiger charge is 2.27. The number of hydrogen-bond donors (Lipinski definition) is 1. The zero-order valence-electron chi connectivity index (χ0n) is 8.89. The van der Waals surface area contributed by atoms with E-state index >= 15 is 0 Å². The highest BCUT2D eigenvalue weighted by molar-refractivity contribution is 5.97. The lowest BCUT2D eigenvalue weighted by molar-refractivity contribution is -0.120. The third kappa shape index (κ3) is 1.87. The van der Waals surface area contributed by atoms with Crippen LogP contribution in [0.4, 0.5) is 5.69 Å². The molecule has 1 fully saturated rings. The molecule has 0 aromatic carbocycles. The quantitative estimate of drug-likeness (QED) is 0.763. The van der Waals surface area contributed by atoms with Crippen molar-refractivity contribution in [3.05, 3.63) is 12.4 Å². The normalized spacial score (nSPS) is 22.1. The van der Waals surface area contributed by atoms with E-state index in [2.05, 4.69) is 5.10 Å². The number of aromatic nitrogens is 2. The van der Waals surface area contributed by atoms with Crippen LogP contribution in [-0.2, 0) is 11.3 Å². The molecule has 1 aliphatic heterocycles. The number of carbonyl (C=O) groups excluding carboxylic acids is 1. The molecule has 0 saturated carbocycles. The number of piperidine rings is 1. The molecule has 5 heteroatoms. The second-order valence-electron chi connectivity index (χ2n) is 3.79. The van der Waals surface area contributed by atoms with E-state index in [9.17, 15) is 4.79 Å². The van der Waals surface area contributed by atoms with Gasteiger partial charge in [-0.1, -0.05) is 0 Å². The number of hydrogen-bond acceptors (Lipinski definition) is 3. The van der Waals surface area contributed by atoms with Gasteiger partial charge in [-0.2, -0.15) is 5.10 Å². The molecule has 1 unspecified atom stereocenters. The zero-order valence-corrected chi connectivity index (χ0v) is 8.89. The summed E-state index contributed by atoms with van der Waals surface area (Å²) in [5, 5.41) is 4.15. The predicted octanol–water partition coefficient (Wildman–Crippen LogP) is 0.357. The van der Waals surface area contributed by atoms with Crippen molar-refractivity contribution in [1.82, 2.24) is 9.78 Å². The van der Waals surface area contributed by atoms with E-state index < -0.39 is 0 Å². The summed E-state index contributed by atoms with van der Waals surface area (Å²) >= 11 is 0. The van der Waals surface area contributed by atoms with Crippen LogP contribution in [0.1, 0.15) is 19.8 Å². The van der Waals surface area contributed by atoms with Crippen molar-refractivity contribution >= 4 is 11.6 Å². The smallest absolute Gasteiger partial charge is 0.243 e. The third-order valence-electron chi connectivity index (χ3n) is 2.74. The first kappa shape index (κ1) is 10.2. The number of anilines is 1. The predicted molar refractivity (Wildman–Crippen MR) is 57.5 cm³/mol. The summed E-state index contributed by atoms with van der Waals surface area (Å²) in [4.78, 5) is 13.5. The van der Waals surface area contributed by atoms with Crippen LogP contribution in [-0.4, -0.2) is 28.3 Å². The van der Waals surface area contributed by atoms with Crippen LogP contribution in [0, 0.1) is 0 Å². The summed E-state index contributed by atoms with van der Waals surface area (Å²) in [5.74, 6) is 0.0110. The van der Waals surface area contributed by atoms with Crippen molar-refractivity contribution in [2.24, 2.45) is 5.73 Å². The highest BCUT2D eigenvalue weighted by atomic mass is 16.2. The van der Waals surface area contributed by atoms with Gasteiger partial charge >= 0.3 is 0 Å². The number of amides is 1. The van der Waals surface area contributed by atoms with Crippen molar-refractivity contribution in [1.29, 1.82) is 0 Å². The van der Waals surface area contributed by atoms with Gasteiger partial charge in [-0.3, -0.25) is 9.48 Å². The molecule has 82 valence electrons. The maximum absolute atomic E-state index is 11.8. The minimum Gasteiger partial charge on any atom is -0.320 e. The minimum absolute atomic E-state index is 0.0110. The summed E-state index contributed by atoms with van der Waals surface area (Å²) in [6.07, 6.45) is 5.36. The maximum atomic E-state index is 11.8. The Morgan fingerprint density at radius 1 is 1.67 bits per heavy atom. The highest BCUT2D eigenvalue weighted by Crippen LogP contribution is 2.19. The van der Waals surface area contributed by atoms with Gasteiger partial charge in [-0.05, 0) is 19.8 Å². The first-order valence-corrected chi connectivity index (χ1v) is 5.31. The van der Waals surface area contributed by atoms with Crippen LogP contribution >= 0.6 is 0 Å². The molecule has 1 aromatic rings. The van der Waals surface area contributed by atoms with Crippen LogP contribution in [0.15, 0.2) is 12.4 Å². The fraction of sp³-hybridized carbons (Fsp3) is 0.600. The molecule has 0 bridgehead atoms. The Labute approximate surface area is 88.8 Å². The average Bonchev–Trinajstić information content (AvgIpc) is 2.70. The first-order chi connectivity index (χ1) is 7.22. The van der Waals surface area contributed by atoms with Crippen LogP contribution < -0.4 is 10.6 Å². The summed E-state index contributed by atoms with van der Waals surface area (Å²) in [6, 6.07) is -0.344. The molecular weight excluding hydrogens is 192 g/mol. The van der Waals surface area contributed by atoms with Gasteiger partial charge < -0.3 is 10.6 Å². The SMILES string of the molecule is CCn1cc(N2CCCC(N)C2=O)cn1. The molecule has 0 radical (unpaired) electrons. The minimum atomic E-state index is -0.344. The van der Waals surface area contributed by atoms with Crippen molar-refractivity contribution in [2.75, 3.05) is 11.4 Å². The topological polar surface area (TPSA) is 64.2 Å². The molecule has 0 aliphatic carbocycles. The summed E-state index contributed by atoms with van der Waals surface area (Å²) in [5.41, 5.74) is 6.59. The standard InChI is InChI=1S/C10H16N4O/c1-2-13-7-8(6-12-13)14-5-3-4-9(11)10(14)15/h6-7,9H,2-5,11H2,1H3. The van der Waals surface area contributed by atoms with E-state index in [1.54, 1.807) is 11.1 Å². The summed E-state index contributed by atoms with van der Waals surface area (Å²) in [6.45, 7) is 3.58. The number of nitrogens with two attached hydrogens (primary N) is 1. The Bertz CT molecular complexity index is 360. The average molecular weight is 208 g/mol. The van der Waals surface area contributed by atoms with Crippen LogP contribution in [0.3, 0.4) is 0 Å². The van der Waals surface area contributed by atoms with E-state index in [-0.39, 0.29) is 11.9 Å². The number of rotatable bonds is 2. The van der Waals surface area contributed by atoms with Crippen molar-refractivity contribution in [3.8, 4) is 0 Å². The van der Waals surface area contributed by atoms with E-state index in [0.717, 1.165) is 31.6 Å². The fourth-order valence-electron chi connectivity index (χ4n) is 1.82. The Balaban J connectivity index is 2.18. The lowest BCUT2D eigenvalue weighted by Crippen LogP contribution is -2.48. The number of nitrogens with zero attached hydrogens (tertiary/aromatic N) is 3. The molecule has 1 saturated heterocycles. The van der Waals surface area contributed by atoms with Crippen molar-refractivity contribution in [3.63, 3.8) is 0 Å². The van der Waals surface area contributed by atoms with Crippen LogP contribution in [0.2, 0.25) is 0 Å². The molecular formula is C10H16N4O. The van der Waals surface area contributed by atoms with Gasteiger partial charge in [0.1, 0.15) is 0 Å². The Hall–Kier alpha value is -1.36. The van der Waals surface area contributed by atoms with E-state index in [1.165, 1.54) is 0 Å². The van der Waals surface area contributed by atoms with Gasteiger partial charge in [-0.15, -0.1) is 0 Å². The largest absolute Gasteiger partial charge is 0.320 e. The van der Waals surface area contributed by atoms with Gasteiger partial charge in [0, 0.05) is 19.3 Å². The molecule has 2 rings (SSSR count). The van der Waals surface area contributed by atoms with Gasteiger partial charge in [0.05, 0.1) is 17.9 Å². The fourth-order valence-corrected chi connectivity index (χ4v) is 1.82. The molecule has 1 amide bonds. The molecule has 1 atom stereocenters. The molecule has 0 spiro atoms. The van der Waals surface area contributed by atoms with E-state index in [4.69, 9.17) is 5.73 Å². The molecule has 5 nitrogen and oxygen atoms in total. The molecule has 2 N–H and O–H groups in total. The van der Waals surface area contributed by atoms with Gasteiger partial charge in [0.25, 0.3) is 0 Å². The first-order valence-electron chi connectivity index (χ1n) is 5.31. The summed E-state index contributed by atoms with van der Waals surface area (Å²) in [7, 11) is 0. The lowest BCUT2D eigenvalue weighted by Gasteiger charge is -2.29. The molecule has 1 aromatic heterocycles.